The molecule has 1 saturated heterocycles. The van der Waals surface area contributed by atoms with E-state index in [9.17, 15) is 10.1 Å². The normalized spacial score (nSPS) is 22.3. The molecule has 5 heteroatoms. The maximum Gasteiger partial charge on any atom is 0.290 e. The van der Waals surface area contributed by atoms with Crippen molar-refractivity contribution in [3.05, 3.63) is 35.6 Å². The van der Waals surface area contributed by atoms with Crippen LogP contribution in [-0.2, 0) is 0 Å². The molecule has 2 aromatic rings. The van der Waals surface area contributed by atoms with Crippen LogP contribution in [0.1, 0.15) is 29.0 Å². The summed E-state index contributed by atoms with van der Waals surface area (Å²) in [5.41, 5.74) is 1.62. The first-order valence-corrected chi connectivity index (χ1v) is 8.12. The third kappa shape index (κ3) is 2.40. The summed E-state index contributed by atoms with van der Waals surface area (Å²) in [6.07, 6.45) is 2.35. The topological polar surface area (TPSA) is 60.5 Å². The van der Waals surface area contributed by atoms with E-state index in [1.54, 1.807) is 4.90 Å². The van der Waals surface area contributed by atoms with Gasteiger partial charge in [-0.25, -0.2) is 0 Å². The molecule has 0 N–H and O–H groups in total. The van der Waals surface area contributed by atoms with Crippen molar-refractivity contribution in [2.45, 2.75) is 31.8 Å². The van der Waals surface area contributed by atoms with Crippen molar-refractivity contribution >= 4 is 16.9 Å². The first kappa shape index (κ1) is 14.3. The third-order valence-corrected chi connectivity index (χ3v) is 4.91. The Balaban J connectivity index is 1.59. The zero-order chi connectivity index (χ0) is 16.0. The minimum atomic E-state index is -0.204. The number of nitriles is 1. The van der Waals surface area contributed by atoms with Crippen LogP contribution in [0.15, 0.2) is 28.7 Å². The van der Waals surface area contributed by atoms with E-state index in [4.69, 9.17) is 4.42 Å². The number of rotatable bonds is 2. The number of amides is 1. The SMILES string of the molecule is Cc1c(C(=O)N2CCN(C3CC3)C(C#N)C2)oc2ccccc12. The van der Waals surface area contributed by atoms with E-state index in [0.717, 1.165) is 23.1 Å². The summed E-state index contributed by atoms with van der Waals surface area (Å²) in [7, 11) is 0. The number of aryl methyl sites for hydroxylation is 1. The summed E-state index contributed by atoms with van der Waals surface area (Å²) in [5.74, 6) is 0.303. The molecule has 1 unspecified atom stereocenters. The van der Waals surface area contributed by atoms with Gasteiger partial charge in [-0.1, -0.05) is 18.2 Å². The van der Waals surface area contributed by atoms with Crippen molar-refractivity contribution < 1.29 is 9.21 Å². The average molecular weight is 309 g/mol. The fraction of sp³-hybridized carbons (Fsp3) is 0.444. The molecule has 4 rings (SSSR count). The monoisotopic (exact) mass is 309 g/mol. The number of piperazine rings is 1. The first-order chi connectivity index (χ1) is 11.2. The molecule has 5 nitrogen and oxygen atoms in total. The van der Waals surface area contributed by atoms with Crippen LogP contribution in [0.25, 0.3) is 11.0 Å². The average Bonchev–Trinajstić information content (AvgIpc) is 3.38. The molecule has 23 heavy (non-hydrogen) atoms. The van der Waals surface area contributed by atoms with Crippen molar-refractivity contribution in [2.24, 2.45) is 0 Å². The number of fused-ring (bicyclic) bond motifs is 1. The van der Waals surface area contributed by atoms with Gasteiger partial charge in [0.15, 0.2) is 5.76 Å². The van der Waals surface area contributed by atoms with Crippen molar-refractivity contribution in [1.82, 2.24) is 9.80 Å². The highest BCUT2D eigenvalue weighted by atomic mass is 16.3. The molecule has 1 aromatic carbocycles. The highest BCUT2D eigenvalue weighted by Crippen LogP contribution is 2.31. The summed E-state index contributed by atoms with van der Waals surface area (Å²) < 4.78 is 5.78. The van der Waals surface area contributed by atoms with E-state index in [2.05, 4.69) is 11.0 Å². The molecular weight excluding hydrogens is 290 g/mol. The number of benzene rings is 1. The quantitative estimate of drug-likeness (QED) is 0.855. The van der Waals surface area contributed by atoms with Crippen LogP contribution >= 0.6 is 0 Å². The maximum absolute atomic E-state index is 12.8. The van der Waals surface area contributed by atoms with Crippen LogP contribution in [-0.4, -0.2) is 47.4 Å². The van der Waals surface area contributed by atoms with Gasteiger partial charge in [-0.15, -0.1) is 0 Å². The molecule has 1 atom stereocenters. The van der Waals surface area contributed by atoms with Crippen LogP contribution in [0, 0.1) is 18.3 Å². The Labute approximate surface area is 135 Å². The largest absolute Gasteiger partial charge is 0.451 e. The Morgan fingerprint density at radius 2 is 2.09 bits per heavy atom. The smallest absolute Gasteiger partial charge is 0.290 e. The predicted octanol–water partition coefficient (Wildman–Crippen LogP) is 2.55. The zero-order valence-corrected chi connectivity index (χ0v) is 13.2. The molecule has 0 radical (unpaired) electrons. The number of para-hydroxylation sites is 1. The number of carbonyl (C=O) groups excluding carboxylic acids is 1. The van der Waals surface area contributed by atoms with Gasteiger partial charge in [0.05, 0.1) is 12.6 Å². The third-order valence-electron chi connectivity index (χ3n) is 4.91. The minimum absolute atomic E-state index is 0.102. The van der Waals surface area contributed by atoms with Crippen molar-refractivity contribution in [2.75, 3.05) is 19.6 Å². The molecule has 2 heterocycles. The Kier molecular flexibility index (Phi) is 3.35. The van der Waals surface area contributed by atoms with Gasteiger partial charge in [0.2, 0.25) is 0 Å². The first-order valence-electron chi connectivity index (χ1n) is 8.12. The van der Waals surface area contributed by atoms with E-state index < -0.39 is 0 Å². The highest BCUT2D eigenvalue weighted by Gasteiger charge is 2.39. The Bertz CT molecular complexity index is 800. The van der Waals surface area contributed by atoms with Crippen molar-refractivity contribution in [3.63, 3.8) is 0 Å². The number of furan rings is 1. The van der Waals surface area contributed by atoms with Crippen LogP contribution in [0.3, 0.4) is 0 Å². The summed E-state index contributed by atoms with van der Waals surface area (Å²) in [6, 6.07) is 10.4. The van der Waals surface area contributed by atoms with Crippen LogP contribution in [0.4, 0.5) is 0 Å². The number of hydrogen-bond donors (Lipinski definition) is 0. The Morgan fingerprint density at radius 1 is 1.30 bits per heavy atom. The van der Waals surface area contributed by atoms with E-state index >= 15 is 0 Å². The van der Waals surface area contributed by atoms with Crippen LogP contribution in [0.5, 0.6) is 0 Å². The summed E-state index contributed by atoms with van der Waals surface area (Å²) in [5, 5.41) is 10.4. The van der Waals surface area contributed by atoms with Crippen molar-refractivity contribution in [1.29, 1.82) is 5.26 Å². The fourth-order valence-electron chi connectivity index (χ4n) is 3.46. The summed E-state index contributed by atoms with van der Waals surface area (Å²) in [4.78, 5) is 16.9. The molecule has 1 amide bonds. The standard InChI is InChI=1S/C18H19N3O2/c1-12-15-4-2-3-5-16(15)23-17(12)18(22)20-8-9-21(13-6-7-13)14(10-19)11-20/h2-5,13-14H,6-9,11H2,1H3. The van der Waals surface area contributed by atoms with Gasteiger partial charge in [0.25, 0.3) is 5.91 Å². The van der Waals surface area contributed by atoms with Crippen molar-refractivity contribution in [3.8, 4) is 6.07 Å². The van der Waals surface area contributed by atoms with E-state index in [0.29, 0.717) is 24.9 Å². The van der Waals surface area contributed by atoms with Gasteiger partial charge in [-0.05, 0) is 25.8 Å². The summed E-state index contributed by atoms with van der Waals surface area (Å²) >= 11 is 0. The van der Waals surface area contributed by atoms with Crippen LogP contribution in [0.2, 0.25) is 0 Å². The number of carbonyl (C=O) groups is 1. The molecule has 1 aliphatic carbocycles. The molecule has 118 valence electrons. The molecule has 2 fully saturated rings. The second kappa shape index (κ2) is 5.39. The second-order valence-electron chi connectivity index (χ2n) is 6.42. The number of nitrogens with zero attached hydrogens (tertiary/aromatic N) is 3. The lowest BCUT2D eigenvalue weighted by molar-refractivity contribution is 0.0523. The van der Waals surface area contributed by atoms with Gasteiger partial charge < -0.3 is 9.32 Å². The minimum Gasteiger partial charge on any atom is -0.451 e. The van der Waals surface area contributed by atoms with E-state index in [-0.39, 0.29) is 11.9 Å². The fourth-order valence-corrected chi connectivity index (χ4v) is 3.46. The maximum atomic E-state index is 12.8. The second-order valence-corrected chi connectivity index (χ2v) is 6.42. The summed E-state index contributed by atoms with van der Waals surface area (Å²) in [6.45, 7) is 3.81. The van der Waals surface area contributed by atoms with E-state index in [1.165, 1.54) is 12.8 Å². The molecule has 1 saturated carbocycles. The lowest BCUT2D eigenvalue weighted by atomic mass is 10.1. The molecular formula is C18H19N3O2. The van der Waals surface area contributed by atoms with Gasteiger partial charge in [-0.3, -0.25) is 9.69 Å². The molecule has 0 bridgehead atoms. The molecule has 0 spiro atoms. The Morgan fingerprint density at radius 3 is 2.78 bits per heavy atom. The van der Waals surface area contributed by atoms with Gasteiger partial charge in [0.1, 0.15) is 11.6 Å². The van der Waals surface area contributed by atoms with E-state index in [1.807, 2.05) is 31.2 Å². The van der Waals surface area contributed by atoms with Gasteiger partial charge >= 0.3 is 0 Å². The van der Waals surface area contributed by atoms with Crippen LogP contribution < -0.4 is 0 Å². The molecule has 1 aliphatic heterocycles. The van der Waals surface area contributed by atoms with Gasteiger partial charge in [0, 0.05) is 30.1 Å². The zero-order valence-electron chi connectivity index (χ0n) is 13.2. The lowest BCUT2D eigenvalue weighted by Crippen LogP contribution is -2.54. The predicted molar refractivity (Wildman–Crippen MR) is 86.0 cm³/mol. The number of hydrogen-bond acceptors (Lipinski definition) is 4. The Hall–Kier alpha value is -2.32. The highest BCUT2D eigenvalue weighted by molar-refractivity contribution is 5.99. The van der Waals surface area contributed by atoms with Gasteiger partial charge in [-0.2, -0.15) is 5.26 Å². The molecule has 1 aromatic heterocycles. The lowest BCUT2D eigenvalue weighted by Gasteiger charge is -2.38. The molecule has 2 aliphatic rings.